The number of ether oxygens (including phenoxy) is 2. The zero-order valence-electron chi connectivity index (χ0n) is 44.2. The summed E-state index contributed by atoms with van der Waals surface area (Å²) in [6, 6.07) is 0. The molecule has 386 valence electrons. The van der Waals surface area contributed by atoms with Gasteiger partial charge in [-0.3, -0.25) is 9.59 Å². The Bertz CT molecular complexity index is 1130. The van der Waals surface area contributed by atoms with Gasteiger partial charge in [-0.25, -0.2) is 0 Å². The van der Waals surface area contributed by atoms with E-state index in [1.807, 2.05) is 0 Å². The van der Waals surface area contributed by atoms with Crippen LogP contribution in [0.4, 0.5) is 0 Å². The first-order valence-corrected chi connectivity index (χ1v) is 28.5. The molecule has 0 aromatic heterocycles. The number of unbranched alkanes of at least 4 members (excludes halogenated alkanes) is 21. The number of rotatable bonds is 52. The molecule has 7 heteroatoms. The average molecular weight is 928 g/mol. The largest absolute Gasteiger partial charge is 0.466 e. The Labute approximate surface area is 410 Å². The number of hydrogen-bond donors (Lipinski definition) is 2. The number of esters is 2. The van der Waals surface area contributed by atoms with Crippen molar-refractivity contribution in [3.63, 3.8) is 0 Å². The van der Waals surface area contributed by atoms with Gasteiger partial charge in [-0.15, -0.1) is 0 Å². The third-order valence-electron chi connectivity index (χ3n) is 12.7. The van der Waals surface area contributed by atoms with Crippen molar-refractivity contribution < 1.29 is 24.2 Å². The van der Waals surface area contributed by atoms with Gasteiger partial charge in [0, 0.05) is 19.4 Å². The summed E-state index contributed by atoms with van der Waals surface area (Å²) in [6.07, 6.45) is 57.2. The number of carbonyl (C=O) groups is 2. The van der Waals surface area contributed by atoms with Crippen molar-refractivity contribution >= 4 is 11.9 Å². The molecule has 0 aliphatic carbocycles. The van der Waals surface area contributed by atoms with Crippen LogP contribution in [0.25, 0.3) is 0 Å². The molecular weight excluding hydrogens is 817 g/mol. The van der Waals surface area contributed by atoms with Crippen LogP contribution in [-0.4, -0.2) is 74.0 Å². The smallest absolute Gasteiger partial charge is 0.305 e. The van der Waals surface area contributed by atoms with E-state index in [0.717, 1.165) is 122 Å². The van der Waals surface area contributed by atoms with Gasteiger partial charge in [0.15, 0.2) is 0 Å². The Hall–Kier alpha value is -2.22. The van der Waals surface area contributed by atoms with Gasteiger partial charge >= 0.3 is 11.9 Å². The fraction of sp³-hybridized carbons (Fsp3) is 0.831. The molecule has 0 fully saturated rings. The second-order valence-corrected chi connectivity index (χ2v) is 19.2. The van der Waals surface area contributed by atoms with Crippen molar-refractivity contribution in [2.45, 2.75) is 265 Å². The third-order valence-corrected chi connectivity index (χ3v) is 12.7. The maximum atomic E-state index is 12.4. The van der Waals surface area contributed by atoms with E-state index in [9.17, 15) is 14.7 Å². The molecule has 7 nitrogen and oxygen atoms in total. The van der Waals surface area contributed by atoms with E-state index in [4.69, 9.17) is 9.47 Å². The molecule has 2 atom stereocenters. The van der Waals surface area contributed by atoms with E-state index < -0.39 is 0 Å². The molecule has 0 radical (unpaired) electrons. The van der Waals surface area contributed by atoms with Crippen LogP contribution in [0.5, 0.6) is 0 Å². The van der Waals surface area contributed by atoms with E-state index in [-0.39, 0.29) is 24.0 Å². The summed E-state index contributed by atoms with van der Waals surface area (Å²) in [7, 11) is 0. The predicted octanol–water partition coefficient (Wildman–Crippen LogP) is 16.3. The van der Waals surface area contributed by atoms with Crippen LogP contribution in [0.15, 0.2) is 48.6 Å². The molecule has 0 aromatic carbocycles. The van der Waals surface area contributed by atoms with Gasteiger partial charge in [0.1, 0.15) is 0 Å². The van der Waals surface area contributed by atoms with Crippen molar-refractivity contribution in [2.75, 3.05) is 45.9 Å². The van der Waals surface area contributed by atoms with Crippen molar-refractivity contribution in [2.24, 2.45) is 5.92 Å². The Morgan fingerprint density at radius 3 is 1.33 bits per heavy atom. The summed E-state index contributed by atoms with van der Waals surface area (Å²) in [4.78, 5) is 27.3. The molecule has 66 heavy (non-hydrogen) atoms. The van der Waals surface area contributed by atoms with E-state index in [2.05, 4.69) is 86.5 Å². The Morgan fingerprint density at radius 1 is 0.455 bits per heavy atom. The van der Waals surface area contributed by atoms with Crippen LogP contribution in [0.2, 0.25) is 0 Å². The fourth-order valence-electron chi connectivity index (χ4n) is 8.30. The highest BCUT2D eigenvalue weighted by Gasteiger charge is 2.19. The minimum atomic E-state index is -0.371. The number of nitrogens with one attached hydrogen (secondary N) is 1. The van der Waals surface area contributed by atoms with E-state index >= 15 is 0 Å². The van der Waals surface area contributed by atoms with E-state index in [1.165, 1.54) is 129 Å². The van der Waals surface area contributed by atoms with Gasteiger partial charge in [0.2, 0.25) is 0 Å². The first-order chi connectivity index (χ1) is 32.5. The molecule has 2 N–H and O–H groups in total. The highest BCUT2D eigenvalue weighted by Crippen LogP contribution is 2.19. The minimum absolute atomic E-state index is 0.0712. The monoisotopic (exact) mass is 927 g/mol. The summed E-state index contributed by atoms with van der Waals surface area (Å²) in [5.41, 5.74) is 0. The summed E-state index contributed by atoms with van der Waals surface area (Å²) in [5.74, 6) is 0.0298. The van der Waals surface area contributed by atoms with Gasteiger partial charge in [-0.1, -0.05) is 160 Å². The second kappa shape index (κ2) is 53.7. The summed E-state index contributed by atoms with van der Waals surface area (Å²) in [5, 5.41) is 15.0. The zero-order chi connectivity index (χ0) is 48.1. The quantitative estimate of drug-likeness (QED) is 0.0357. The number of nitrogens with zero attached hydrogens (tertiary/aromatic N) is 1. The van der Waals surface area contributed by atoms with Crippen molar-refractivity contribution in [1.29, 1.82) is 0 Å². The Morgan fingerprint density at radius 2 is 0.848 bits per heavy atom. The Balaban J connectivity index is 4.34. The molecule has 0 amide bonds. The van der Waals surface area contributed by atoms with Crippen molar-refractivity contribution in [3.8, 4) is 0 Å². The molecule has 0 saturated carbocycles. The van der Waals surface area contributed by atoms with Crippen LogP contribution in [0, 0.1) is 5.92 Å². The summed E-state index contributed by atoms with van der Waals surface area (Å²) < 4.78 is 11.1. The van der Waals surface area contributed by atoms with Crippen LogP contribution < -0.4 is 5.32 Å². The third kappa shape index (κ3) is 48.2. The maximum absolute atomic E-state index is 12.4. The number of hydrogen-bond acceptors (Lipinski definition) is 7. The number of carbonyl (C=O) groups excluding carboxylic acids is 2. The summed E-state index contributed by atoms with van der Waals surface area (Å²) >= 11 is 0. The molecular formula is C59H110N2O5. The molecule has 0 saturated heterocycles. The van der Waals surface area contributed by atoms with E-state index in [1.54, 1.807) is 0 Å². The number of allylic oxidation sites excluding steroid dienone is 8. The topological polar surface area (TPSA) is 88.1 Å². The lowest BCUT2D eigenvalue weighted by Gasteiger charge is -2.25. The van der Waals surface area contributed by atoms with Crippen LogP contribution in [0.3, 0.4) is 0 Å². The van der Waals surface area contributed by atoms with Gasteiger partial charge in [0.25, 0.3) is 0 Å². The van der Waals surface area contributed by atoms with Crippen molar-refractivity contribution in [1.82, 2.24) is 10.2 Å². The average Bonchev–Trinajstić information content (AvgIpc) is 3.32. The van der Waals surface area contributed by atoms with Crippen molar-refractivity contribution in [3.05, 3.63) is 48.6 Å². The SMILES string of the molecule is CCCCC/C=C/C/C=C/CCCCCCCC(=O)OCCCCCC(O)C(CCCCOC(=O)CCCCCCC/C=C/C/C=C/CCCCC)CNCCCN(CCCC)CCCC. The lowest BCUT2D eigenvalue weighted by Crippen LogP contribution is -2.34. The van der Waals surface area contributed by atoms with Crippen LogP contribution >= 0.6 is 0 Å². The highest BCUT2D eigenvalue weighted by molar-refractivity contribution is 5.69. The lowest BCUT2D eigenvalue weighted by atomic mass is 9.92. The molecule has 0 aliphatic heterocycles. The van der Waals surface area contributed by atoms with E-state index in [0.29, 0.717) is 26.1 Å². The van der Waals surface area contributed by atoms with Gasteiger partial charge in [-0.2, -0.15) is 0 Å². The van der Waals surface area contributed by atoms with Gasteiger partial charge in [-0.05, 0) is 167 Å². The van der Waals surface area contributed by atoms with Crippen LogP contribution in [-0.2, 0) is 19.1 Å². The fourth-order valence-corrected chi connectivity index (χ4v) is 8.30. The first kappa shape index (κ1) is 63.8. The number of aliphatic hydroxyl groups excluding tert-OH is 1. The molecule has 0 rings (SSSR count). The standard InChI is InChI=1S/C59H110N2O5/c1-5-9-13-15-17-19-21-23-25-27-29-31-33-35-39-47-58(63)65-53-42-37-38-46-57(62)56(55-60-49-44-52-61(50-11-7-3)51-12-8-4)45-41-43-54-66-59(64)48-40-36-34-32-30-28-26-24-22-20-18-16-14-10-6-2/h17-20,23-26,56-57,60,62H,5-16,21-22,27-55H2,1-4H3/b19-17+,20-18+,25-23+,26-24+. The Kier molecular flexibility index (Phi) is 51.9. The first-order valence-electron chi connectivity index (χ1n) is 28.5. The molecule has 0 bridgehead atoms. The highest BCUT2D eigenvalue weighted by atomic mass is 16.5. The molecule has 0 spiro atoms. The van der Waals surface area contributed by atoms with Gasteiger partial charge in [0.05, 0.1) is 19.3 Å². The van der Waals surface area contributed by atoms with Crippen LogP contribution in [0.1, 0.15) is 259 Å². The predicted molar refractivity (Wildman–Crippen MR) is 286 cm³/mol. The zero-order valence-corrected chi connectivity index (χ0v) is 44.2. The molecule has 0 aliphatic rings. The second-order valence-electron chi connectivity index (χ2n) is 19.2. The van der Waals surface area contributed by atoms with Gasteiger partial charge < -0.3 is 24.8 Å². The lowest BCUT2D eigenvalue weighted by molar-refractivity contribution is -0.144. The minimum Gasteiger partial charge on any atom is -0.466 e. The number of aliphatic hydroxyl groups is 1. The summed E-state index contributed by atoms with van der Waals surface area (Å²) in [6.45, 7) is 15.2. The molecule has 0 aromatic rings. The molecule has 2 unspecified atom stereocenters. The molecule has 0 heterocycles. The normalized spacial score (nSPS) is 13.1. The maximum Gasteiger partial charge on any atom is 0.305 e.